The molecule has 0 fully saturated rings. The number of nitrogens with zero attached hydrogens (tertiary/aromatic N) is 2. The third-order valence-electron chi connectivity index (χ3n) is 4.50. The first-order valence-corrected chi connectivity index (χ1v) is 8.98. The summed E-state index contributed by atoms with van der Waals surface area (Å²) in [5, 5.41) is 0. The van der Waals surface area contributed by atoms with Crippen molar-refractivity contribution in [2.45, 2.75) is 26.9 Å². The molecular weight excluding hydrogens is 375 g/mol. The van der Waals surface area contributed by atoms with Crippen molar-refractivity contribution < 1.29 is 18.7 Å². The third kappa shape index (κ3) is 4.60. The van der Waals surface area contributed by atoms with Crippen LogP contribution in [0.25, 0.3) is 5.69 Å². The van der Waals surface area contributed by atoms with Crippen LogP contribution in [-0.2, 0) is 4.79 Å². The maximum absolute atomic E-state index is 13.1. The van der Waals surface area contributed by atoms with Gasteiger partial charge in [0.1, 0.15) is 17.3 Å². The Morgan fingerprint density at radius 3 is 2.55 bits per heavy atom. The van der Waals surface area contributed by atoms with Crippen molar-refractivity contribution in [1.82, 2.24) is 20.4 Å². The predicted octanol–water partition coefficient (Wildman–Crippen LogP) is 2.86. The summed E-state index contributed by atoms with van der Waals surface area (Å²) in [6, 6.07) is 11.2. The van der Waals surface area contributed by atoms with Crippen LogP contribution in [0.4, 0.5) is 4.39 Å². The van der Waals surface area contributed by atoms with Gasteiger partial charge in [-0.15, -0.1) is 0 Å². The number of aromatic nitrogens is 2. The third-order valence-corrected chi connectivity index (χ3v) is 4.50. The quantitative estimate of drug-likeness (QED) is 0.650. The van der Waals surface area contributed by atoms with E-state index in [9.17, 15) is 14.0 Å². The summed E-state index contributed by atoms with van der Waals surface area (Å²) >= 11 is 0. The Hall–Kier alpha value is -3.68. The fraction of sp³-hybridized carbons (Fsp3) is 0.190. The summed E-state index contributed by atoms with van der Waals surface area (Å²) in [6.07, 6.45) is 1.95. The second-order valence-corrected chi connectivity index (χ2v) is 6.53. The zero-order valence-corrected chi connectivity index (χ0v) is 16.3. The Labute approximate surface area is 167 Å². The molecule has 0 unspecified atom stereocenters. The topological polar surface area (TPSA) is 85.2 Å². The molecule has 2 N–H and O–H groups in total. The van der Waals surface area contributed by atoms with Crippen LogP contribution in [0.5, 0.6) is 5.75 Å². The molecular formula is C21H21FN4O3. The van der Waals surface area contributed by atoms with E-state index in [1.807, 2.05) is 26.0 Å². The van der Waals surface area contributed by atoms with E-state index in [0.717, 1.165) is 11.1 Å². The Morgan fingerprint density at radius 1 is 1.10 bits per heavy atom. The summed E-state index contributed by atoms with van der Waals surface area (Å²) in [7, 11) is 0. The average Bonchev–Trinajstić information content (AvgIpc) is 3.19. The summed E-state index contributed by atoms with van der Waals surface area (Å²) in [5.41, 5.74) is 7.43. The van der Waals surface area contributed by atoms with Gasteiger partial charge in [0, 0.05) is 5.69 Å². The molecule has 150 valence electrons. The van der Waals surface area contributed by atoms with Gasteiger partial charge in [-0.05, 0) is 62.2 Å². The molecule has 8 heteroatoms. The molecule has 2 amide bonds. The Bertz CT molecular complexity index is 1030. The van der Waals surface area contributed by atoms with Gasteiger partial charge < -0.3 is 4.74 Å². The Balaban J connectivity index is 1.62. The lowest BCUT2D eigenvalue weighted by Gasteiger charge is -2.17. The number of hydrogen-bond acceptors (Lipinski definition) is 4. The first-order chi connectivity index (χ1) is 13.9. The van der Waals surface area contributed by atoms with Gasteiger partial charge in [-0.1, -0.05) is 12.1 Å². The van der Waals surface area contributed by atoms with Crippen LogP contribution in [0, 0.1) is 19.7 Å². The number of imidazole rings is 1. The molecule has 3 rings (SSSR count). The highest BCUT2D eigenvalue weighted by Gasteiger charge is 2.19. The number of halogens is 1. The standard InChI is InChI=1S/C21H21FN4O3/c1-13-5-4-6-19(14(13)2)29-15(3)20(27)24-25-21(28)18-11-23-12-26(18)17-9-7-16(22)8-10-17/h4-12,15H,1-3H3,(H,24,27)(H,25,28)/t15-/m1/s1. The van der Waals surface area contributed by atoms with Gasteiger partial charge in [0.2, 0.25) is 0 Å². The van der Waals surface area contributed by atoms with Gasteiger partial charge in [-0.3, -0.25) is 25.0 Å². The van der Waals surface area contributed by atoms with Gasteiger partial charge in [0.05, 0.1) is 12.5 Å². The van der Waals surface area contributed by atoms with Gasteiger partial charge in [0.25, 0.3) is 11.8 Å². The van der Waals surface area contributed by atoms with E-state index in [1.54, 1.807) is 13.0 Å². The van der Waals surface area contributed by atoms with Crippen molar-refractivity contribution in [3.8, 4) is 11.4 Å². The van der Waals surface area contributed by atoms with Crippen molar-refractivity contribution in [3.63, 3.8) is 0 Å². The van der Waals surface area contributed by atoms with Crippen LogP contribution < -0.4 is 15.6 Å². The van der Waals surface area contributed by atoms with Crippen molar-refractivity contribution >= 4 is 11.8 Å². The highest BCUT2D eigenvalue weighted by molar-refractivity contribution is 5.94. The van der Waals surface area contributed by atoms with Crippen LogP contribution in [0.3, 0.4) is 0 Å². The van der Waals surface area contributed by atoms with Crippen molar-refractivity contribution in [2.24, 2.45) is 0 Å². The monoisotopic (exact) mass is 396 g/mol. The second-order valence-electron chi connectivity index (χ2n) is 6.53. The fourth-order valence-electron chi connectivity index (χ4n) is 2.65. The summed E-state index contributed by atoms with van der Waals surface area (Å²) in [4.78, 5) is 28.7. The Kier molecular flexibility index (Phi) is 5.92. The summed E-state index contributed by atoms with van der Waals surface area (Å²) in [5.74, 6) is -0.857. The molecule has 0 saturated heterocycles. The number of carbonyl (C=O) groups is 2. The molecule has 1 aromatic heterocycles. The minimum Gasteiger partial charge on any atom is -0.481 e. The van der Waals surface area contributed by atoms with Gasteiger partial charge in [-0.2, -0.15) is 0 Å². The van der Waals surface area contributed by atoms with Crippen LogP contribution in [0.15, 0.2) is 55.0 Å². The van der Waals surface area contributed by atoms with E-state index in [4.69, 9.17) is 4.74 Å². The molecule has 1 atom stereocenters. The molecule has 0 aliphatic heterocycles. The SMILES string of the molecule is Cc1cccc(O[C@H](C)C(=O)NNC(=O)c2cncn2-c2ccc(F)cc2)c1C. The number of benzene rings is 2. The molecule has 0 bridgehead atoms. The zero-order chi connectivity index (χ0) is 21.0. The van der Waals surface area contributed by atoms with Crippen LogP contribution in [-0.4, -0.2) is 27.5 Å². The highest BCUT2D eigenvalue weighted by Crippen LogP contribution is 2.21. The van der Waals surface area contributed by atoms with E-state index in [-0.39, 0.29) is 11.5 Å². The lowest BCUT2D eigenvalue weighted by molar-refractivity contribution is -0.128. The lowest BCUT2D eigenvalue weighted by atomic mass is 10.1. The molecule has 2 aromatic carbocycles. The van der Waals surface area contributed by atoms with Gasteiger partial charge in [-0.25, -0.2) is 9.37 Å². The van der Waals surface area contributed by atoms with Gasteiger partial charge >= 0.3 is 0 Å². The van der Waals surface area contributed by atoms with Crippen molar-refractivity contribution in [2.75, 3.05) is 0 Å². The first kappa shape index (κ1) is 20.1. The molecule has 3 aromatic rings. The summed E-state index contributed by atoms with van der Waals surface area (Å²) < 4.78 is 20.3. The molecule has 1 heterocycles. The van der Waals surface area contributed by atoms with Crippen molar-refractivity contribution in [1.29, 1.82) is 0 Å². The van der Waals surface area contributed by atoms with E-state index in [0.29, 0.717) is 11.4 Å². The molecule has 29 heavy (non-hydrogen) atoms. The van der Waals surface area contributed by atoms with Crippen LogP contribution >= 0.6 is 0 Å². The molecule has 0 spiro atoms. The highest BCUT2D eigenvalue weighted by atomic mass is 19.1. The van der Waals surface area contributed by atoms with E-state index in [2.05, 4.69) is 15.8 Å². The van der Waals surface area contributed by atoms with Crippen molar-refractivity contribution in [3.05, 3.63) is 77.6 Å². The summed E-state index contributed by atoms with van der Waals surface area (Å²) in [6.45, 7) is 5.46. The lowest BCUT2D eigenvalue weighted by Crippen LogP contribution is -2.47. The number of rotatable bonds is 5. The van der Waals surface area contributed by atoms with E-state index in [1.165, 1.54) is 41.4 Å². The smallest absolute Gasteiger partial charge is 0.288 e. The molecule has 0 radical (unpaired) electrons. The zero-order valence-electron chi connectivity index (χ0n) is 16.3. The number of nitrogens with one attached hydrogen (secondary N) is 2. The molecule has 0 aliphatic rings. The molecule has 0 aliphatic carbocycles. The molecule has 0 saturated carbocycles. The largest absolute Gasteiger partial charge is 0.481 e. The number of ether oxygens (including phenoxy) is 1. The number of carbonyl (C=O) groups excluding carboxylic acids is 2. The second kappa shape index (κ2) is 8.55. The van der Waals surface area contributed by atoms with Gasteiger partial charge in [0.15, 0.2) is 6.10 Å². The van der Waals surface area contributed by atoms with E-state index >= 15 is 0 Å². The van der Waals surface area contributed by atoms with Crippen LogP contribution in [0.1, 0.15) is 28.5 Å². The van der Waals surface area contributed by atoms with Crippen LogP contribution in [0.2, 0.25) is 0 Å². The number of aryl methyl sites for hydroxylation is 1. The maximum atomic E-state index is 13.1. The Morgan fingerprint density at radius 2 is 1.83 bits per heavy atom. The fourth-order valence-corrected chi connectivity index (χ4v) is 2.65. The first-order valence-electron chi connectivity index (χ1n) is 8.98. The molecule has 7 nitrogen and oxygen atoms in total. The minimum atomic E-state index is -0.821. The minimum absolute atomic E-state index is 0.181. The predicted molar refractivity (Wildman–Crippen MR) is 105 cm³/mol. The average molecular weight is 396 g/mol. The maximum Gasteiger partial charge on any atom is 0.288 e. The normalized spacial score (nSPS) is 11.6. The number of hydrogen-bond donors (Lipinski definition) is 2. The number of amides is 2. The number of hydrazine groups is 1. The van der Waals surface area contributed by atoms with E-state index < -0.39 is 17.9 Å².